The first-order chi connectivity index (χ1) is 8.17. The second-order valence-electron chi connectivity index (χ2n) is 4.59. The van der Waals surface area contributed by atoms with Gasteiger partial charge < -0.3 is 10.6 Å². The Hall–Kier alpha value is -1.35. The van der Waals surface area contributed by atoms with E-state index in [0.29, 0.717) is 6.42 Å². The number of benzene rings is 1. The maximum Gasteiger partial charge on any atom is 0.224 e. The lowest BCUT2D eigenvalue weighted by atomic mass is 9.99. The fraction of sp³-hybridized carbons (Fsp3) is 0.500. The molecule has 1 aromatic rings. The summed E-state index contributed by atoms with van der Waals surface area (Å²) in [7, 11) is 0. The summed E-state index contributed by atoms with van der Waals surface area (Å²) in [5, 5.41) is 0. The highest BCUT2D eigenvalue weighted by Crippen LogP contribution is 2.31. The standard InChI is InChI=1S/C14H20N2O/c1-3-10-5-7-11(8-6-10)14-12(15)9-13(17)16(14)4-2/h5-8,12,14H,3-4,9,15H2,1-2H3/t12-,14+/m1/s1. The molecule has 0 unspecified atom stereocenters. The van der Waals surface area contributed by atoms with Gasteiger partial charge in [0.1, 0.15) is 0 Å². The largest absolute Gasteiger partial charge is 0.334 e. The predicted molar refractivity (Wildman–Crippen MR) is 68.5 cm³/mol. The van der Waals surface area contributed by atoms with Crippen LogP contribution in [0, 0.1) is 0 Å². The van der Waals surface area contributed by atoms with E-state index < -0.39 is 0 Å². The predicted octanol–water partition coefficient (Wildman–Crippen LogP) is 1.87. The van der Waals surface area contributed by atoms with E-state index in [2.05, 4.69) is 31.2 Å². The molecule has 1 amide bonds. The summed E-state index contributed by atoms with van der Waals surface area (Å²) < 4.78 is 0. The Morgan fingerprint density at radius 3 is 2.47 bits per heavy atom. The van der Waals surface area contributed by atoms with Crippen LogP contribution in [0.3, 0.4) is 0 Å². The fourth-order valence-electron chi connectivity index (χ4n) is 2.57. The van der Waals surface area contributed by atoms with Gasteiger partial charge in [-0.1, -0.05) is 31.2 Å². The van der Waals surface area contributed by atoms with Crippen molar-refractivity contribution in [3.8, 4) is 0 Å². The number of amides is 1. The minimum atomic E-state index is -0.0741. The molecule has 0 aliphatic carbocycles. The van der Waals surface area contributed by atoms with Crippen LogP contribution < -0.4 is 5.73 Å². The smallest absolute Gasteiger partial charge is 0.224 e. The van der Waals surface area contributed by atoms with Crippen LogP contribution >= 0.6 is 0 Å². The van der Waals surface area contributed by atoms with Crippen LogP contribution in [0.2, 0.25) is 0 Å². The van der Waals surface area contributed by atoms with E-state index in [1.807, 2.05) is 11.8 Å². The molecule has 3 heteroatoms. The molecule has 1 aliphatic heterocycles. The van der Waals surface area contributed by atoms with Crippen LogP contribution in [0.1, 0.15) is 37.4 Å². The van der Waals surface area contributed by atoms with Gasteiger partial charge in [-0.2, -0.15) is 0 Å². The van der Waals surface area contributed by atoms with Gasteiger partial charge in [-0.15, -0.1) is 0 Å². The Labute approximate surface area is 103 Å². The van der Waals surface area contributed by atoms with E-state index in [4.69, 9.17) is 5.73 Å². The number of carbonyl (C=O) groups excluding carboxylic acids is 1. The second-order valence-corrected chi connectivity index (χ2v) is 4.59. The molecule has 3 nitrogen and oxygen atoms in total. The molecule has 2 atom stereocenters. The number of nitrogens with zero attached hydrogens (tertiary/aromatic N) is 1. The number of nitrogens with two attached hydrogens (primary N) is 1. The Morgan fingerprint density at radius 1 is 1.29 bits per heavy atom. The highest BCUT2D eigenvalue weighted by atomic mass is 16.2. The Morgan fingerprint density at radius 2 is 1.94 bits per heavy atom. The summed E-state index contributed by atoms with van der Waals surface area (Å²) in [6.45, 7) is 4.87. The average Bonchev–Trinajstić information content (AvgIpc) is 2.63. The van der Waals surface area contributed by atoms with Crippen molar-refractivity contribution >= 4 is 5.91 Å². The van der Waals surface area contributed by atoms with Gasteiger partial charge in [0.05, 0.1) is 6.04 Å². The van der Waals surface area contributed by atoms with Crippen LogP contribution in [0.25, 0.3) is 0 Å². The molecule has 0 saturated carbocycles. The molecule has 1 aromatic carbocycles. The topological polar surface area (TPSA) is 46.3 Å². The van der Waals surface area contributed by atoms with Gasteiger partial charge in [0.15, 0.2) is 0 Å². The van der Waals surface area contributed by atoms with Gasteiger partial charge in [-0.25, -0.2) is 0 Å². The zero-order valence-corrected chi connectivity index (χ0v) is 10.5. The molecule has 2 rings (SSSR count). The summed E-state index contributed by atoms with van der Waals surface area (Å²) >= 11 is 0. The summed E-state index contributed by atoms with van der Waals surface area (Å²) in [5.41, 5.74) is 8.54. The number of likely N-dealkylation sites (N-methyl/N-ethyl adjacent to an activating group) is 1. The third-order valence-corrected chi connectivity index (χ3v) is 3.54. The van der Waals surface area contributed by atoms with Crippen LogP contribution in [0.4, 0.5) is 0 Å². The maximum atomic E-state index is 11.8. The Balaban J connectivity index is 2.27. The highest BCUT2D eigenvalue weighted by molar-refractivity contribution is 5.80. The molecular formula is C14H20N2O. The first-order valence-electron chi connectivity index (χ1n) is 6.31. The van der Waals surface area contributed by atoms with Crippen molar-refractivity contribution in [2.45, 2.75) is 38.8 Å². The van der Waals surface area contributed by atoms with Gasteiger partial charge in [-0.05, 0) is 24.5 Å². The highest BCUT2D eigenvalue weighted by Gasteiger charge is 2.37. The molecule has 1 fully saturated rings. The minimum absolute atomic E-state index is 0.0541. The van der Waals surface area contributed by atoms with E-state index in [1.54, 1.807) is 0 Å². The third kappa shape index (κ3) is 2.20. The average molecular weight is 232 g/mol. The zero-order chi connectivity index (χ0) is 12.4. The lowest BCUT2D eigenvalue weighted by Gasteiger charge is -2.26. The lowest BCUT2D eigenvalue weighted by Crippen LogP contribution is -2.32. The van der Waals surface area contributed by atoms with Crippen molar-refractivity contribution in [2.75, 3.05) is 6.54 Å². The summed E-state index contributed by atoms with van der Waals surface area (Å²) in [4.78, 5) is 13.6. The number of hydrogen-bond donors (Lipinski definition) is 1. The molecule has 0 radical (unpaired) electrons. The summed E-state index contributed by atoms with van der Waals surface area (Å²) in [6.07, 6.45) is 1.50. The van der Waals surface area contributed by atoms with E-state index >= 15 is 0 Å². The Kier molecular flexibility index (Phi) is 3.48. The lowest BCUT2D eigenvalue weighted by molar-refractivity contribution is -0.128. The number of likely N-dealkylation sites (tertiary alicyclic amines) is 1. The molecule has 1 aliphatic rings. The SMILES string of the molecule is CCc1ccc([C@H]2[C@H](N)CC(=O)N2CC)cc1. The van der Waals surface area contributed by atoms with Crippen molar-refractivity contribution in [1.29, 1.82) is 0 Å². The second kappa shape index (κ2) is 4.88. The summed E-state index contributed by atoms with van der Waals surface area (Å²) in [5.74, 6) is 0.171. The Bertz CT molecular complexity index is 399. The van der Waals surface area contributed by atoms with Gasteiger partial charge >= 0.3 is 0 Å². The van der Waals surface area contributed by atoms with Crippen molar-refractivity contribution < 1.29 is 4.79 Å². The van der Waals surface area contributed by atoms with Gasteiger partial charge in [0.25, 0.3) is 0 Å². The van der Waals surface area contributed by atoms with Gasteiger partial charge in [0, 0.05) is 19.0 Å². The van der Waals surface area contributed by atoms with Crippen LogP contribution in [0.5, 0.6) is 0 Å². The third-order valence-electron chi connectivity index (χ3n) is 3.54. The van der Waals surface area contributed by atoms with Gasteiger partial charge in [0.2, 0.25) is 5.91 Å². The van der Waals surface area contributed by atoms with Gasteiger partial charge in [-0.3, -0.25) is 4.79 Å². The molecule has 0 spiro atoms. The minimum Gasteiger partial charge on any atom is -0.334 e. The van der Waals surface area contributed by atoms with Crippen LogP contribution in [-0.2, 0) is 11.2 Å². The normalized spacial score (nSPS) is 24.4. The van der Waals surface area contributed by atoms with Crippen molar-refractivity contribution in [3.63, 3.8) is 0 Å². The monoisotopic (exact) mass is 232 g/mol. The van der Waals surface area contributed by atoms with E-state index in [9.17, 15) is 4.79 Å². The zero-order valence-electron chi connectivity index (χ0n) is 10.5. The molecule has 2 N–H and O–H groups in total. The van der Waals surface area contributed by atoms with Crippen molar-refractivity contribution in [1.82, 2.24) is 4.90 Å². The number of carbonyl (C=O) groups is 1. The molecule has 1 saturated heterocycles. The number of rotatable bonds is 3. The maximum absolute atomic E-state index is 11.8. The fourth-order valence-corrected chi connectivity index (χ4v) is 2.57. The van der Waals surface area contributed by atoms with Crippen LogP contribution in [0.15, 0.2) is 24.3 Å². The molecule has 92 valence electrons. The molecule has 0 aromatic heterocycles. The van der Waals surface area contributed by atoms with Crippen molar-refractivity contribution in [2.24, 2.45) is 5.73 Å². The van der Waals surface area contributed by atoms with E-state index in [1.165, 1.54) is 5.56 Å². The summed E-state index contributed by atoms with van der Waals surface area (Å²) in [6, 6.07) is 8.43. The number of hydrogen-bond acceptors (Lipinski definition) is 2. The molecule has 1 heterocycles. The quantitative estimate of drug-likeness (QED) is 0.864. The van der Waals surface area contributed by atoms with Crippen molar-refractivity contribution in [3.05, 3.63) is 35.4 Å². The first-order valence-corrected chi connectivity index (χ1v) is 6.31. The number of aryl methyl sites for hydroxylation is 1. The molecule has 0 bridgehead atoms. The van der Waals surface area contributed by atoms with Crippen LogP contribution in [-0.4, -0.2) is 23.4 Å². The van der Waals surface area contributed by atoms with E-state index in [-0.39, 0.29) is 18.0 Å². The first kappa shape index (κ1) is 12.1. The van der Waals surface area contributed by atoms with E-state index in [0.717, 1.165) is 18.5 Å². The molecular weight excluding hydrogens is 212 g/mol. The molecule has 17 heavy (non-hydrogen) atoms.